The standard InChI is InChI=1S/C6H11NO4S/c8-5(9)2-1-4(6(10)11)7-3-12/h4,7,12H,1-3H2,(H,8,9)(H,10,11). The second-order valence-electron chi connectivity index (χ2n) is 2.19. The third-order valence-electron chi connectivity index (χ3n) is 1.28. The van der Waals surface area contributed by atoms with Crippen LogP contribution in [0.4, 0.5) is 0 Å². The van der Waals surface area contributed by atoms with E-state index in [-0.39, 0.29) is 18.7 Å². The summed E-state index contributed by atoms with van der Waals surface area (Å²) < 4.78 is 0. The monoisotopic (exact) mass is 193 g/mol. The van der Waals surface area contributed by atoms with Gasteiger partial charge >= 0.3 is 11.9 Å². The molecule has 6 heteroatoms. The summed E-state index contributed by atoms with van der Waals surface area (Å²) in [5, 5.41) is 19.3. The van der Waals surface area contributed by atoms with Gasteiger partial charge in [-0.15, -0.1) is 0 Å². The van der Waals surface area contributed by atoms with Crippen LogP contribution in [0.15, 0.2) is 0 Å². The number of nitrogens with one attached hydrogen (secondary N) is 1. The largest absolute Gasteiger partial charge is 0.481 e. The fourth-order valence-corrected chi connectivity index (χ4v) is 0.911. The minimum atomic E-state index is -1.05. The summed E-state index contributed by atoms with van der Waals surface area (Å²) in [6.45, 7) is 0. The Hall–Kier alpha value is -0.750. The number of rotatable bonds is 6. The van der Waals surface area contributed by atoms with Crippen LogP contribution in [-0.2, 0) is 9.59 Å². The third-order valence-corrected chi connectivity index (χ3v) is 1.47. The first-order chi connectivity index (χ1) is 5.57. The van der Waals surface area contributed by atoms with Gasteiger partial charge in [-0.1, -0.05) is 0 Å². The number of carboxylic acids is 2. The van der Waals surface area contributed by atoms with Crippen molar-refractivity contribution >= 4 is 24.6 Å². The maximum atomic E-state index is 10.4. The van der Waals surface area contributed by atoms with Gasteiger partial charge in [-0.2, -0.15) is 12.6 Å². The van der Waals surface area contributed by atoms with Crippen LogP contribution in [0, 0.1) is 0 Å². The van der Waals surface area contributed by atoms with Crippen LogP contribution < -0.4 is 5.32 Å². The van der Waals surface area contributed by atoms with Crippen LogP contribution in [0.2, 0.25) is 0 Å². The second-order valence-corrected chi connectivity index (χ2v) is 2.50. The van der Waals surface area contributed by atoms with Crippen LogP contribution in [0.3, 0.4) is 0 Å². The Bertz CT molecular complexity index is 173. The molecular weight excluding hydrogens is 182 g/mol. The average Bonchev–Trinajstić information content (AvgIpc) is 1.96. The minimum Gasteiger partial charge on any atom is -0.481 e. The Kier molecular flexibility index (Phi) is 5.48. The molecule has 0 heterocycles. The molecule has 0 saturated heterocycles. The Labute approximate surface area is 75.2 Å². The van der Waals surface area contributed by atoms with Crippen molar-refractivity contribution in [1.29, 1.82) is 0 Å². The first-order valence-corrected chi connectivity index (χ1v) is 4.00. The molecule has 0 aliphatic rings. The molecule has 0 spiro atoms. The molecule has 5 nitrogen and oxygen atoms in total. The van der Waals surface area contributed by atoms with Gasteiger partial charge in [-0.05, 0) is 6.42 Å². The van der Waals surface area contributed by atoms with Crippen molar-refractivity contribution < 1.29 is 19.8 Å². The van der Waals surface area contributed by atoms with E-state index in [1.54, 1.807) is 0 Å². The molecule has 1 unspecified atom stereocenters. The SMILES string of the molecule is O=C(O)CCC(NCS)C(=O)O. The van der Waals surface area contributed by atoms with Crippen molar-refractivity contribution in [3.05, 3.63) is 0 Å². The Morgan fingerprint density at radius 1 is 1.42 bits per heavy atom. The summed E-state index contributed by atoms with van der Waals surface area (Å²) in [6, 6.07) is -0.821. The summed E-state index contributed by atoms with van der Waals surface area (Å²) >= 11 is 3.78. The Balaban J connectivity index is 3.79. The van der Waals surface area contributed by atoms with E-state index in [1.165, 1.54) is 0 Å². The van der Waals surface area contributed by atoms with Crippen LogP contribution in [0.25, 0.3) is 0 Å². The molecule has 0 saturated carbocycles. The molecular formula is C6H11NO4S. The summed E-state index contributed by atoms with van der Waals surface area (Å²) in [4.78, 5) is 20.5. The second kappa shape index (κ2) is 5.84. The van der Waals surface area contributed by atoms with E-state index in [1.807, 2.05) is 0 Å². The highest BCUT2D eigenvalue weighted by Crippen LogP contribution is 1.97. The summed E-state index contributed by atoms with van der Waals surface area (Å²) in [7, 11) is 0. The zero-order valence-electron chi connectivity index (χ0n) is 6.36. The van der Waals surface area contributed by atoms with Crippen molar-refractivity contribution in [1.82, 2.24) is 5.32 Å². The normalized spacial score (nSPS) is 12.4. The van der Waals surface area contributed by atoms with E-state index in [4.69, 9.17) is 10.2 Å². The van der Waals surface area contributed by atoms with Gasteiger partial charge in [0.2, 0.25) is 0 Å². The molecule has 0 aliphatic heterocycles. The molecule has 0 bridgehead atoms. The van der Waals surface area contributed by atoms with Crippen molar-refractivity contribution in [2.75, 3.05) is 5.88 Å². The average molecular weight is 193 g/mol. The fraction of sp³-hybridized carbons (Fsp3) is 0.667. The molecule has 70 valence electrons. The lowest BCUT2D eigenvalue weighted by Crippen LogP contribution is -2.36. The van der Waals surface area contributed by atoms with Gasteiger partial charge in [0.1, 0.15) is 6.04 Å². The Morgan fingerprint density at radius 3 is 2.33 bits per heavy atom. The lowest BCUT2D eigenvalue weighted by atomic mass is 10.1. The molecule has 12 heavy (non-hydrogen) atoms. The van der Waals surface area contributed by atoms with Crippen LogP contribution in [0.1, 0.15) is 12.8 Å². The zero-order valence-corrected chi connectivity index (χ0v) is 7.25. The fourth-order valence-electron chi connectivity index (χ4n) is 0.691. The predicted molar refractivity (Wildman–Crippen MR) is 45.3 cm³/mol. The van der Waals surface area contributed by atoms with Crippen LogP contribution in [0.5, 0.6) is 0 Å². The molecule has 1 atom stereocenters. The van der Waals surface area contributed by atoms with E-state index in [2.05, 4.69) is 17.9 Å². The number of hydrogen-bond donors (Lipinski definition) is 4. The van der Waals surface area contributed by atoms with Gasteiger partial charge in [0.05, 0.1) is 0 Å². The van der Waals surface area contributed by atoms with Gasteiger partial charge in [0.25, 0.3) is 0 Å². The molecule has 0 rings (SSSR count). The highest BCUT2D eigenvalue weighted by atomic mass is 32.1. The molecule has 0 radical (unpaired) electrons. The predicted octanol–water partition coefficient (Wildman–Crippen LogP) is -0.219. The maximum Gasteiger partial charge on any atom is 0.320 e. The highest BCUT2D eigenvalue weighted by Gasteiger charge is 2.16. The van der Waals surface area contributed by atoms with Gasteiger partial charge in [0, 0.05) is 12.3 Å². The van der Waals surface area contributed by atoms with Crippen molar-refractivity contribution in [2.45, 2.75) is 18.9 Å². The molecule has 0 aromatic carbocycles. The number of hydrogen-bond acceptors (Lipinski definition) is 4. The maximum absolute atomic E-state index is 10.4. The van der Waals surface area contributed by atoms with Crippen LogP contribution in [-0.4, -0.2) is 34.1 Å². The molecule has 0 aromatic rings. The molecule has 0 aliphatic carbocycles. The van der Waals surface area contributed by atoms with Crippen molar-refractivity contribution in [3.63, 3.8) is 0 Å². The number of carboxylic acid groups (broad SMARTS) is 2. The zero-order chi connectivity index (χ0) is 9.56. The quantitative estimate of drug-likeness (QED) is 0.346. The van der Waals surface area contributed by atoms with E-state index >= 15 is 0 Å². The number of carbonyl (C=O) groups is 2. The lowest BCUT2D eigenvalue weighted by molar-refractivity contribution is -0.140. The summed E-state index contributed by atoms with van der Waals surface area (Å²) in [5.41, 5.74) is 0. The first-order valence-electron chi connectivity index (χ1n) is 3.36. The summed E-state index contributed by atoms with van der Waals surface area (Å²) in [6.07, 6.45) is -0.0804. The highest BCUT2D eigenvalue weighted by molar-refractivity contribution is 7.80. The van der Waals surface area contributed by atoms with Gasteiger partial charge in [-0.25, -0.2) is 0 Å². The van der Waals surface area contributed by atoms with E-state index < -0.39 is 18.0 Å². The Morgan fingerprint density at radius 2 is 2.00 bits per heavy atom. The minimum absolute atomic E-state index is 0.0746. The van der Waals surface area contributed by atoms with Gasteiger partial charge in [0.15, 0.2) is 0 Å². The molecule has 0 amide bonds. The van der Waals surface area contributed by atoms with E-state index in [9.17, 15) is 9.59 Å². The first kappa shape index (κ1) is 11.2. The molecule has 3 N–H and O–H groups in total. The molecule has 0 fully saturated rings. The number of thiol groups is 1. The van der Waals surface area contributed by atoms with E-state index in [0.29, 0.717) is 0 Å². The smallest absolute Gasteiger partial charge is 0.320 e. The summed E-state index contributed by atoms with van der Waals surface area (Å²) in [5.74, 6) is -1.83. The third kappa shape index (κ3) is 4.97. The van der Waals surface area contributed by atoms with Crippen molar-refractivity contribution in [2.24, 2.45) is 0 Å². The molecule has 0 aromatic heterocycles. The number of aliphatic carboxylic acids is 2. The topological polar surface area (TPSA) is 86.6 Å². The van der Waals surface area contributed by atoms with Gasteiger partial charge in [-0.3, -0.25) is 14.9 Å². The van der Waals surface area contributed by atoms with Crippen LogP contribution >= 0.6 is 12.6 Å². The lowest BCUT2D eigenvalue weighted by Gasteiger charge is -2.10. The van der Waals surface area contributed by atoms with Crippen molar-refractivity contribution in [3.8, 4) is 0 Å². The van der Waals surface area contributed by atoms with E-state index in [0.717, 1.165) is 0 Å². The van der Waals surface area contributed by atoms with Gasteiger partial charge < -0.3 is 10.2 Å².